The van der Waals surface area contributed by atoms with E-state index in [9.17, 15) is 19.2 Å². The lowest BCUT2D eigenvalue weighted by Crippen LogP contribution is -2.45. The van der Waals surface area contributed by atoms with Crippen molar-refractivity contribution >= 4 is 23.9 Å². The van der Waals surface area contributed by atoms with Crippen molar-refractivity contribution in [2.24, 2.45) is 0 Å². The van der Waals surface area contributed by atoms with E-state index in [1.807, 2.05) is 60.7 Å². The zero-order valence-electron chi connectivity index (χ0n) is 25.1. The maximum atomic E-state index is 12.2. The lowest BCUT2D eigenvalue weighted by atomic mass is 10.1. The molecule has 3 amide bonds. The van der Waals surface area contributed by atoms with Crippen LogP contribution in [0.4, 0.5) is 4.79 Å². The molecule has 3 N–H and O–H groups in total. The Hall–Kier alpha value is -3.88. The largest absolute Gasteiger partial charge is 0.459 e. The van der Waals surface area contributed by atoms with Crippen LogP contribution in [0.25, 0.3) is 0 Å². The van der Waals surface area contributed by atoms with Crippen LogP contribution in [0.5, 0.6) is 0 Å². The molecule has 0 spiro atoms. The molecule has 9 heteroatoms. The second kappa shape index (κ2) is 20.9. The van der Waals surface area contributed by atoms with Gasteiger partial charge >= 0.3 is 12.1 Å². The van der Waals surface area contributed by atoms with E-state index in [2.05, 4.69) is 16.0 Å². The van der Waals surface area contributed by atoms with Crippen LogP contribution in [0.3, 0.4) is 0 Å². The van der Waals surface area contributed by atoms with Crippen molar-refractivity contribution in [2.75, 3.05) is 6.54 Å². The molecule has 0 aromatic heterocycles. The highest BCUT2D eigenvalue weighted by atomic mass is 16.5. The van der Waals surface area contributed by atoms with Gasteiger partial charge in [0.1, 0.15) is 25.3 Å². The monoisotopic (exact) mass is 581 g/mol. The maximum absolute atomic E-state index is 12.2. The summed E-state index contributed by atoms with van der Waals surface area (Å²) in [6.45, 7) is 4.21. The molecule has 0 saturated heterocycles. The van der Waals surface area contributed by atoms with E-state index >= 15 is 0 Å². The fourth-order valence-corrected chi connectivity index (χ4v) is 4.25. The van der Waals surface area contributed by atoms with E-state index in [0.29, 0.717) is 13.0 Å². The minimum absolute atomic E-state index is 0.126. The molecule has 2 rings (SSSR count). The molecule has 0 aliphatic rings. The van der Waals surface area contributed by atoms with Crippen molar-refractivity contribution in [1.82, 2.24) is 16.0 Å². The third kappa shape index (κ3) is 15.8. The van der Waals surface area contributed by atoms with Crippen LogP contribution in [0.1, 0.15) is 89.2 Å². The SMILES string of the molecule is C[C@H](NC(=O)OCc1ccccc1)C(=O)NCCCCCCCCCCCC(=O)N[C@@H](C)C(=O)OCc1ccccc1. The van der Waals surface area contributed by atoms with Gasteiger partial charge in [-0.3, -0.25) is 9.59 Å². The molecule has 230 valence electrons. The lowest BCUT2D eigenvalue weighted by molar-refractivity contribution is -0.148. The van der Waals surface area contributed by atoms with Gasteiger partial charge in [0.15, 0.2) is 0 Å². The molecule has 42 heavy (non-hydrogen) atoms. The smallest absolute Gasteiger partial charge is 0.408 e. The summed E-state index contributed by atoms with van der Waals surface area (Å²) in [5.41, 5.74) is 1.80. The van der Waals surface area contributed by atoms with Crippen molar-refractivity contribution in [3.8, 4) is 0 Å². The number of hydrogen-bond acceptors (Lipinski definition) is 6. The standard InChI is InChI=1S/C33H47N3O6/c1-26(36-33(40)42-25-29-20-14-11-15-21-29)31(38)34-23-17-9-7-5-3-4-6-8-16-22-30(37)35-27(2)32(39)41-24-28-18-12-10-13-19-28/h10-15,18-21,26-27H,3-9,16-17,22-25H2,1-2H3,(H,34,38)(H,35,37)(H,36,40)/t26-,27-/m0/s1. The highest BCUT2D eigenvalue weighted by molar-refractivity contribution is 5.85. The Morgan fingerprint density at radius 1 is 0.619 bits per heavy atom. The van der Waals surface area contributed by atoms with Gasteiger partial charge in [0, 0.05) is 13.0 Å². The highest BCUT2D eigenvalue weighted by Gasteiger charge is 2.17. The van der Waals surface area contributed by atoms with Crippen LogP contribution in [0, 0.1) is 0 Å². The summed E-state index contributed by atoms with van der Waals surface area (Å²) in [6.07, 6.45) is 9.11. The Morgan fingerprint density at radius 3 is 1.69 bits per heavy atom. The van der Waals surface area contributed by atoms with Crippen molar-refractivity contribution < 1.29 is 28.7 Å². The van der Waals surface area contributed by atoms with E-state index < -0.39 is 24.1 Å². The van der Waals surface area contributed by atoms with E-state index in [4.69, 9.17) is 9.47 Å². The van der Waals surface area contributed by atoms with Gasteiger partial charge in [0.05, 0.1) is 0 Å². The van der Waals surface area contributed by atoms with Crippen molar-refractivity contribution in [2.45, 2.75) is 103 Å². The summed E-state index contributed by atoms with van der Waals surface area (Å²) in [5, 5.41) is 8.13. The number of nitrogens with one attached hydrogen (secondary N) is 3. The van der Waals surface area contributed by atoms with Gasteiger partial charge in [-0.25, -0.2) is 9.59 Å². The molecule has 0 unspecified atom stereocenters. The van der Waals surface area contributed by atoms with E-state index in [1.54, 1.807) is 13.8 Å². The molecule has 0 fully saturated rings. The normalized spacial score (nSPS) is 12.0. The number of amides is 3. The van der Waals surface area contributed by atoms with Crippen LogP contribution in [0.2, 0.25) is 0 Å². The predicted molar refractivity (Wildman–Crippen MR) is 162 cm³/mol. The van der Waals surface area contributed by atoms with Crippen molar-refractivity contribution in [3.63, 3.8) is 0 Å². The van der Waals surface area contributed by atoms with Crippen LogP contribution in [-0.2, 0) is 37.1 Å². The molecule has 0 aliphatic heterocycles. The number of alkyl carbamates (subject to hydrolysis) is 1. The number of unbranched alkanes of at least 4 members (excludes halogenated alkanes) is 8. The Morgan fingerprint density at radius 2 is 1.12 bits per heavy atom. The van der Waals surface area contributed by atoms with Gasteiger partial charge in [-0.2, -0.15) is 0 Å². The quantitative estimate of drug-likeness (QED) is 0.139. The summed E-state index contributed by atoms with van der Waals surface area (Å²) in [4.78, 5) is 48.3. The van der Waals surface area contributed by atoms with Crippen LogP contribution < -0.4 is 16.0 Å². The average Bonchev–Trinajstić information content (AvgIpc) is 3.00. The minimum atomic E-state index is -0.663. The molecule has 2 aromatic rings. The number of rotatable bonds is 20. The van der Waals surface area contributed by atoms with Crippen LogP contribution in [-0.4, -0.2) is 42.5 Å². The highest BCUT2D eigenvalue weighted by Crippen LogP contribution is 2.11. The lowest BCUT2D eigenvalue weighted by Gasteiger charge is -2.14. The first kappa shape index (κ1) is 34.3. The number of esters is 1. The van der Waals surface area contributed by atoms with E-state index in [1.165, 1.54) is 0 Å². The second-order valence-electron chi connectivity index (χ2n) is 10.5. The molecule has 0 heterocycles. The molecule has 0 bridgehead atoms. The number of carbonyl (C=O) groups excluding carboxylic acids is 4. The number of ether oxygens (including phenoxy) is 2. The summed E-state index contributed by atoms with van der Waals surface area (Å²) < 4.78 is 10.4. The summed E-state index contributed by atoms with van der Waals surface area (Å²) in [7, 11) is 0. The molecular formula is C33H47N3O6. The van der Waals surface area contributed by atoms with Gasteiger partial charge in [-0.15, -0.1) is 0 Å². The first-order valence-corrected chi connectivity index (χ1v) is 15.1. The fourth-order valence-electron chi connectivity index (χ4n) is 4.25. The third-order valence-corrected chi connectivity index (χ3v) is 6.78. The first-order valence-electron chi connectivity index (χ1n) is 15.1. The maximum Gasteiger partial charge on any atom is 0.408 e. The van der Waals surface area contributed by atoms with Gasteiger partial charge in [0.25, 0.3) is 0 Å². The number of benzene rings is 2. The van der Waals surface area contributed by atoms with Gasteiger partial charge in [-0.1, -0.05) is 106 Å². The molecule has 0 aliphatic carbocycles. The minimum Gasteiger partial charge on any atom is -0.459 e. The number of carbonyl (C=O) groups is 4. The topological polar surface area (TPSA) is 123 Å². The first-order chi connectivity index (χ1) is 20.3. The second-order valence-corrected chi connectivity index (χ2v) is 10.5. The van der Waals surface area contributed by atoms with E-state index in [-0.39, 0.29) is 25.0 Å². The Labute approximate surface area is 250 Å². The average molecular weight is 582 g/mol. The summed E-state index contributed by atoms with van der Waals surface area (Å²) >= 11 is 0. The Balaban J connectivity index is 1.37. The number of hydrogen-bond donors (Lipinski definition) is 3. The molecule has 2 atom stereocenters. The predicted octanol–water partition coefficient (Wildman–Crippen LogP) is 5.57. The van der Waals surface area contributed by atoms with Gasteiger partial charge < -0.3 is 25.4 Å². The fraction of sp³-hybridized carbons (Fsp3) is 0.515. The van der Waals surface area contributed by atoms with Crippen molar-refractivity contribution in [3.05, 3.63) is 71.8 Å². The molecule has 0 saturated carbocycles. The van der Waals surface area contributed by atoms with Gasteiger partial charge in [0.2, 0.25) is 11.8 Å². The van der Waals surface area contributed by atoms with Gasteiger partial charge in [-0.05, 0) is 37.8 Å². The molecule has 9 nitrogen and oxygen atoms in total. The van der Waals surface area contributed by atoms with Crippen molar-refractivity contribution in [1.29, 1.82) is 0 Å². The Kier molecular flexibility index (Phi) is 17.1. The van der Waals surface area contributed by atoms with Crippen LogP contribution >= 0.6 is 0 Å². The zero-order valence-corrected chi connectivity index (χ0v) is 25.1. The zero-order chi connectivity index (χ0) is 30.4. The summed E-state index contributed by atoms with van der Waals surface area (Å²) in [5.74, 6) is -0.782. The molecular weight excluding hydrogens is 534 g/mol. The van der Waals surface area contributed by atoms with E-state index in [0.717, 1.165) is 68.9 Å². The van der Waals surface area contributed by atoms with Crippen LogP contribution in [0.15, 0.2) is 60.7 Å². The Bertz CT molecular complexity index is 1060. The molecule has 2 aromatic carbocycles. The molecule has 0 radical (unpaired) electrons. The third-order valence-electron chi connectivity index (χ3n) is 6.78. The summed E-state index contributed by atoms with van der Waals surface area (Å²) in [6, 6.07) is 17.5.